The molecule has 5 N–H and O–H groups in total. The van der Waals surface area contributed by atoms with Crippen molar-refractivity contribution in [3.63, 3.8) is 0 Å². The van der Waals surface area contributed by atoms with Gasteiger partial charge in [0.15, 0.2) is 0 Å². The van der Waals surface area contributed by atoms with Crippen molar-refractivity contribution in [2.75, 3.05) is 6.54 Å². The summed E-state index contributed by atoms with van der Waals surface area (Å²) in [5.74, 6) is -2.80. The highest BCUT2D eigenvalue weighted by Crippen LogP contribution is 2.22. The van der Waals surface area contributed by atoms with Gasteiger partial charge in [-0.05, 0) is 60.6 Å². The molecule has 1 aliphatic rings. The van der Waals surface area contributed by atoms with Crippen molar-refractivity contribution in [2.45, 2.75) is 51.9 Å². The van der Waals surface area contributed by atoms with Crippen LogP contribution in [-0.4, -0.2) is 48.2 Å². The van der Waals surface area contributed by atoms with E-state index in [0.29, 0.717) is 6.42 Å². The molecule has 5 rings (SSSR count). The fraction of sp³-hybridized carbons (Fsp3) is 0.237. The second-order valence-electron chi connectivity index (χ2n) is 11.5. The van der Waals surface area contributed by atoms with Crippen LogP contribution >= 0.6 is 0 Å². The number of Topliss-reactive ketones (excluding diaryl/α,β-unsaturated/α-hetero) is 1. The van der Waals surface area contributed by atoms with Crippen molar-refractivity contribution >= 4 is 29.5 Å². The quantitative estimate of drug-likeness (QED) is 0.201. The molecule has 1 heterocycles. The molecular weight excluding hydrogens is 606 g/mol. The van der Waals surface area contributed by atoms with Crippen molar-refractivity contribution in [3.05, 3.63) is 131 Å². The molecule has 0 saturated heterocycles. The second-order valence-corrected chi connectivity index (χ2v) is 11.5. The zero-order valence-electron chi connectivity index (χ0n) is 27.1. The minimum atomic E-state index is -1.00. The average Bonchev–Trinajstić information content (AvgIpc) is 3.11. The Hall–Kier alpha value is -5.77. The Kier molecular flexibility index (Phi) is 13.0. The minimum Gasteiger partial charge on any atom is -0.347 e. The van der Waals surface area contributed by atoms with Crippen LogP contribution in [0.1, 0.15) is 35.6 Å². The van der Waals surface area contributed by atoms with Crippen LogP contribution in [0.3, 0.4) is 0 Å². The van der Waals surface area contributed by atoms with Gasteiger partial charge in [0, 0.05) is 13.1 Å². The van der Waals surface area contributed by atoms with Gasteiger partial charge in [-0.3, -0.25) is 19.2 Å². The third kappa shape index (κ3) is 11.2. The summed E-state index contributed by atoms with van der Waals surface area (Å²) in [5, 5.41) is 13.0. The molecule has 0 spiro atoms. The van der Waals surface area contributed by atoms with Gasteiger partial charge >= 0.3 is 6.03 Å². The molecule has 0 aromatic heterocycles. The Bertz CT molecular complexity index is 1710. The Morgan fingerprint density at radius 2 is 1.38 bits per heavy atom. The summed E-state index contributed by atoms with van der Waals surface area (Å²) in [6, 6.07) is 32.6. The van der Waals surface area contributed by atoms with Crippen molar-refractivity contribution in [3.8, 4) is 11.1 Å². The standard InChI is InChI=1S/C31H33N5O5.C7H8/c1-20-28(38)36-26(29(39)33-19-27(37)30(40)32-17-22-7-3-2-4-8-22)14-13-21-9-5-11-24(15-21)25-12-6-10-23(16-25)18-34-31(41)35-20;1-7-5-3-2-4-6-7/h2-12,15-16,20,26H,13-14,17-19H2,1H3,(H,32,40)(H,33,39)(H,36,38)(H2,34,35,41);2-6H,1H3/t20-,26?;/m0./s1. The van der Waals surface area contributed by atoms with Gasteiger partial charge in [-0.15, -0.1) is 0 Å². The molecule has 4 aromatic rings. The van der Waals surface area contributed by atoms with Crippen LogP contribution < -0.4 is 26.6 Å². The molecule has 1 unspecified atom stereocenters. The predicted molar refractivity (Wildman–Crippen MR) is 184 cm³/mol. The first-order valence-electron chi connectivity index (χ1n) is 15.8. The first kappa shape index (κ1) is 35.1. The van der Waals surface area contributed by atoms with E-state index in [9.17, 15) is 24.0 Å². The molecule has 248 valence electrons. The van der Waals surface area contributed by atoms with E-state index in [-0.39, 0.29) is 19.5 Å². The van der Waals surface area contributed by atoms with Crippen LogP contribution in [0, 0.1) is 6.92 Å². The molecule has 0 saturated carbocycles. The molecule has 48 heavy (non-hydrogen) atoms. The Morgan fingerprint density at radius 1 is 0.750 bits per heavy atom. The highest BCUT2D eigenvalue weighted by atomic mass is 16.2. The van der Waals surface area contributed by atoms with E-state index < -0.39 is 48.2 Å². The predicted octanol–water partition coefficient (Wildman–Crippen LogP) is 3.97. The lowest BCUT2D eigenvalue weighted by Crippen LogP contribution is -2.54. The number of ketones is 1. The van der Waals surface area contributed by atoms with Crippen LogP contribution in [0.2, 0.25) is 0 Å². The summed E-state index contributed by atoms with van der Waals surface area (Å²) in [6.07, 6.45) is 0.689. The number of aryl methyl sites for hydroxylation is 2. The summed E-state index contributed by atoms with van der Waals surface area (Å²) < 4.78 is 0. The molecule has 4 bridgehead atoms. The fourth-order valence-corrected chi connectivity index (χ4v) is 4.92. The SMILES string of the molecule is C[C@@H]1NC(=O)NCc2cccc(c2)-c2cccc(c2)CCC(C(=O)NCC(=O)C(=O)NCc2ccccc2)NC1=O.Cc1ccccc1. The molecule has 0 radical (unpaired) electrons. The van der Waals surface area contributed by atoms with Crippen molar-refractivity contribution in [1.82, 2.24) is 26.6 Å². The van der Waals surface area contributed by atoms with Gasteiger partial charge < -0.3 is 26.6 Å². The van der Waals surface area contributed by atoms with E-state index in [1.807, 2.05) is 97.1 Å². The number of benzene rings is 4. The number of amides is 5. The molecule has 2 atom stereocenters. The van der Waals surface area contributed by atoms with E-state index in [1.54, 1.807) is 0 Å². The molecule has 1 aliphatic heterocycles. The molecule has 10 nitrogen and oxygen atoms in total. The zero-order chi connectivity index (χ0) is 34.3. The van der Waals surface area contributed by atoms with Crippen LogP contribution in [0.5, 0.6) is 0 Å². The van der Waals surface area contributed by atoms with E-state index in [4.69, 9.17) is 0 Å². The molecule has 4 aromatic carbocycles. The highest BCUT2D eigenvalue weighted by molar-refractivity contribution is 6.37. The summed E-state index contributed by atoms with van der Waals surface area (Å²) in [6.45, 7) is 3.52. The van der Waals surface area contributed by atoms with Crippen LogP contribution in [-0.2, 0) is 38.7 Å². The molecule has 0 aliphatic carbocycles. The maximum atomic E-state index is 13.1. The molecule has 0 fully saturated rings. The number of carbonyl (C=O) groups excluding carboxylic acids is 5. The van der Waals surface area contributed by atoms with Gasteiger partial charge in [-0.25, -0.2) is 4.79 Å². The lowest BCUT2D eigenvalue weighted by atomic mass is 9.98. The lowest BCUT2D eigenvalue weighted by Gasteiger charge is -2.22. The second kappa shape index (κ2) is 17.8. The van der Waals surface area contributed by atoms with Crippen LogP contribution in [0.15, 0.2) is 109 Å². The maximum absolute atomic E-state index is 13.1. The lowest BCUT2D eigenvalue weighted by molar-refractivity contribution is -0.138. The number of carbonyl (C=O) groups is 5. The normalized spacial score (nSPS) is 16.0. The number of rotatable bonds is 6. The topological polar surface area (TPSA) is 146 Å². The maximum Gasteiger partial charge on any atom is 0.315 e. The first-order valence-corrected chi connectivity index (χ1v) is 15.8. The summed E-state index contributed by atoms with van der Waals surface area (Å²) in [7, 11) is 0. The number of fused-ring (bicyclic) bond motifs is 5. The van der Waals surface area contributed by atoms with Gasteiger partial charge in [0.05, 0.1) is 6.54 Å². The monoisotopic (exact) mass is 647 g/mol. The Labute approximate surface area is 280 Å². The van der Waals surface area contributed by atoms with Gasteiger partial charge in [-0.1, -0.05) is 109 Å². The highest BCUT2D eigenvalue weighted by Gasteiger charge is 2.25. The molecule has 10 heteroatoms. The van der Waals surface area contributed by atoms with Gasteiger partial charge in [0.2, 0.25) is 17.6 Å². The summed E-state index contributed by atoms with van der Waals surface area (Å²) >= 11 is 0. The van der Waals surface area contributed by atoms with Crippen LogP contribution in [0.25, 0.3) is 11.1 Å². The van der Waals surface area contributed by atoms with E-state index in [0.717, 1.165) is 27.8 Å². The third-order valence-corrected chi connectivity index (χ3v) is 7.65. The van der Waals surface area contributed by atoms with Gasteiger partial charge in [-0.2, -0.15) is 0 Å². The summed E-state index contributed by atoms with van der Waals surface area (Å²) in [5.41, 5.74) is 5.99. The molecular formula is C38H41N5O5. The number of urea groups is 1. The Morgan fingerprint density at radius 3 is 2.02 bits per heavy atom. The zero-order valence-corrected chi connectivity index (χ0v) is 27.1. The minimum absolute atomic E-state index is 0.180. The van der Waals surface area contributed by atoms with Gasteiger partial charge in [0.25, 0.3) is 5.91 Å². The van der Waals surface area contributed by atoms with E-state index in [1.165, 1.54) is 12.5 Å². The smallest absolute Gasteiger partial charge is 0.315 e. The molecule has 5 amide bonds. The van der Waals surface area contributed by atoms with Crippen molar-refractivity contribution in [1.29, 1.82) is 0 Å². The van der Waals surface area contributed by atoms with E-state index >= 15 is 0 Å². The van der Waals surface area contributed by atoms with Crippen molar-refractivity contribution in [2.24, 2.45) is 0 Å². The first-order chi connectivity index (χ1) is 23.2. The Balaban J connectivity index is 0.000000659. The van der Waals surface area contributed by atoms with E-state index in [2.05, 4.69) is 45.6 Å². The number of nitrogens with one attached hydrogen (secondary N) is 5. The van der Waals surface area contributed by atoms with Gasteiger partial charge in [0.1, 0.15) is 12.1 Å². The van der Waals surface area contributed by atoms with Crippen LogP contribution in [0.4, 0.5) is 4.79 Å². The third-order valence-electron chi connectivity index (χ3n) is 7.65. The number of hydrogen-bond donors (Lipinski definition) is 5. The number of hydrogen-bond acceptors (Lipinski definition) is 5. The largest absolute Gasteiger partial charge is 0.347 e. The van der Waals surface area contributed by atoms with Crippen molar-refractivity contribution < 1.29 is 24.0 Å². The summed E-state index contributed by atoms with van der Waals surface area (Å²) in [4.78, 5) is 63.0. The average molecular weight is 648 g/mol. The fourth-order valence-electron chi connectivity index (χ4n) is 4.92.